The van der Waals surface area contributed by atoms with E-state index in [9.17, 15) is 4.79 Å². The van der Waals surface area contributed by atoms with Gasteiger partial charge in [0.1, 0.15) is 0 Å². The van der Waals surface area contributed by atoms with Crippen molar-refractivity contribution < 1.29 is 9.53 Å². The predicted molar refractivity (Wildman–Crippen MR) is 106 cm³/mol. The highest BCUT2D eigenvalue weighted by Gasteiger charge is 2.38. The van der Waals surface area contributed by atoms with Gasteiger partial charge >= 0.3 is 5.97 Å². The van der Waals surface area contributed by atoms with E-state index in [1.54, 1.807) is 17.4 Å². The number of aliphatic imine (C=N–C) groups is 1. The average molecular weight is 364 g/mol. The van der Waals surface area contributed by atoms with Gasteiger partial charge in [-0.15, -0.1) is 11.3 Å². The van der Waals surface area contributed by atoms with E-state index < -0.39 is 5.97 Å². The Bertz CT molecular complexity index is 995. The van der Waals surface area contributed by atoms with Gasteiger partial charge in [-0.05, 0) is 42.8 Å². The molecule has 0 radical (unpaired) electrons. The molecule has 0 saturated heterocycles. The fraction of sp³-hybridized carbons (Fsp3) is 0.238. The van der Waals surface area contributed by atoms with E-state index in [1.807, 2.05) is 38.2 Å². The summed E-state index contributed by atoms with van der Waals surface area (Å²) in [6, 6.07) is 12.3. The van der Waals surface area contributed by atoms with Crippen molar-refractivity contribution in [2.75, 3.05) is 11.9 Å². The van der Waals surface area contributed by atoms with Crippen LogP contribution in [0.1, 0.15) is 29.2 Å². The van der Waals surface area contributed by atoms with Crippen molar-refractivity contribution in [3.63, 3.8) is 0 Å². The first-order chi connectivity index (χ1) is 12.4. The highest BCUT2D eigenvalue weighted by Crippen LogP contribution is 2.46. The number of para-hydroxylation sites is 1. The molecule has 0 amide bonds. The van der Waals surface area contributed by atoms with Crippen LogP contribution in [0.2, 0.25) is 0 Å². The van der Waals surface area contributed by atoms with E-state index in [2.05, 4.69) is 41.9 Å². The van der Waals surface area contributed by atoms with E-state index in [-0.39, 0.29) is 5.41 Å². The first-order valence-corrected chi connectivity index (χ1v) is 9.33. The highest BCUT2D eigenvalue weighted by atomic mass is 32.1. The molecule has 0 saturated carbocycles. The molecule has 0 unspecified atom stereocenters. The van der Waals surface area contributed by atoms with Crippen LogP contribution >= 0.6 is 11.3 Å². The number of thiophene rings is 1. The van der Waals surface area contributed by atoms with Crippen molar-refractivity contribution in [3.8, 4) is 0 Å². The molecular weight excluding hydrogens is 344 g/mol. The Labute approximate surface area is 157 Å². The Hall–Kier alpha value is -2.66. The lowest BCUT2D eigenvalue weighted by Gasteiger charge is -2.23. The van der Waals surface area contributed by atoms with Gasteiger partial charge in [0.2, 0.25) is 5.90 Å². The van der Waals surface area contributed by atoms with Gasteiger partial charge in [-0.1, -0.05) is 32.0 Å². The van der Waals surface area contributed by atoms with Crippen LogP contribution in [0.4, 0.5) is 5.69 Å². The molecule has 0 atom stereocenters. The van der Waals surface area contributed by atoms with Crippen LogP contribution < -0.4 is 4.90 Å². The van der Waals surface area contributed by atoms with Crippen molar-refractivity contribution in [2.24, 2.45) is 4.99 Å². The third-order valence-electron chi connectivity index (χ3n) is 4.91. The summed E-state index contributed by atoms with van der Waals surface area (Å²) in [5.41, 5.74) is 3.78. The standard InChI is InChI=1S/C21H20N2O2S/c1-13-9-11-17(26-13)19-22-15(20(24)25-19)10-12-18-21(2,3)14-7-5-6-8-16(14)23(18)4/h5-12H,1-4H3. The average Bonchev–Trinajstić information content (AvgIpc) is 3.25. The molecule has 5 heteroatoms. The third kappa shape index (κ3) is 2.59. The lowest BCUT2D eigenvalue weighted by atomic mass is 9.84. The molecule has 1 aromatic carbocycles. The fourth-order valence-corrected chi connectivity index (χ4v) is 4.33. The number of esters is 1. The molecule has 0 spiro atoms. The largest absolute Gasteiger partial charge is 0.401 e. The molecule has 2 aliphatic rings. The fourth-order valence-electron chi connectivity index (χ4n) is 3.54. The predicted octanol–water partition coefficient (Wildman–Crippen LogP) is 4.56. The second-order valence-corrected chi connectivity index (χ2v) is 8.31. The minimum absolute atomic E-state index is 0.137. The van der Waals surface area contributed by atoms with Gasteiger partial charge in [0.25, 0.3) is 0 Å². The van der Waals surface area contributed by atoms with E-state index in [1.165, 1.54) is 11.3 Å². The van der Waals surface area contributed by atoms with Gasteiger partial charge in [0.05, 0.1) is 4.88 Å². The summed E-state index contributed by atoms with van der Waals surface area (Å²) in [7, 11) is 2.05. The summed E-state index contributed by atoms with van der Waals surface area (Å²) in [4.78, 5) is 20.8. The third-order valence-corrected chi connectivity index (χ3v) is 5.90. The number of rotatable bonds is 2. The number of carbonyl (C=O) groups is 1. The number of aryl methyl sites for hydroxylation is 1. The summed E-state index contributed by atoms with van der Waals surface area (Å²) >= 11 is 1.57. The van der Waals surface area contributed by atoms with E-state index in [0.717, 1.165) is 15.5 Å². The first kappa shape index (κ1) is 16.8. The van der Waals surface area contributed by atoms with Crippen LogP contribution in [0.3, 0.4) is 0 Å². The number of cyclic esters (lactones) is 1. The molecular formula is C21H20N2O2S. The van der Waals surface area contributed by atoms with Gasteiger partial charge in [0.15, 0.2) is 5.70 Å². The Morgan fingerprint density at radius 2 is 1.92 bits per heavy atom. The molecule has 1 aromatic heterocycles. The molecule has 0 fully saturated rings. The zero-order valence-corrected chi connectivity index (χ0v) is 16.1. The summed E-state index contributed by atoms with van der Waals surface area (Å²) in [6.45, 7) is 6.40. The lowest BCUT2D eigenvalue weighted by Crippen LogP contribution is -2.22. The summed E-state index contributed by atoms with van der Waals surface area (Å²) in [6.07, 6.45) is 3.73. The van der Waals surface area contributed by atoms with Gasteiger partial charge in [-0.2, -0.15) is 0 Å². The van der Waals surface area contributed by atoms with E-state index in [4.69, 9.17) is 4.74 Å². The maximum Gasteiger partial charge on any atom is 0.363 e. The first-order valence-electron chi connectivity index (χ1n) is 8.51. The lowest BCUT2D eigenvalue weighted by molar-refractivity contribution is -0.130. The Kier molecular flexibility index (Phi) is 3.84. The number of likely N-dealkylation sites (N-methyl/N-ethyl adjacent to an activating group) is 1. The van der Waals surface area contributed by atoms with Crippen molar-refractivity contribution in [2.45, 2.75) is 26.2 Å². The van der Waals surface area contributed by atoms with Crippen LogP contribution in [0.15, 0.2) is 64.9 Å². The molecule has 0 bridgehead atoms. The van der Waals surface area contributed by atoms with E-state index in [0.29, 0.717) is 11.6 Å². The maximum absolute atomic E-state index is 12.2. The van der Waals surface area contributed by atoms with E-state index >= 15 is 0 Å². The molecule has 4 rings (SSSR count). The van der Waals surface area contributed by atoms with Crippen LogP contribution in [-0.2, 0) is 14.9 Å². The number of ether oxygens (including phenoxy) is 1. The second kappa shape index (κ2) is 5.95. The van der Waals surface area contributed by atoms with Gasteiger partial charge in [0, 0.05) is 28.7 Å². The highest BCUT2D eigenvalue weighted by molar-refractivity contribution is 7.14. The monoisotopic (exact) mass is 364 g/mol. The minimum atomic E-state index is -0.404. The van der Waals surface area contributed by atoms with Gasteiger partial charge in [-0.25, -0.2) is 9.79 Å². The molecule has 26 heavy (non-hydrogen) atoms. The molecule has 2 aliphatic heterocycles. The number of benzene rings is 1. The molecule has 2 aromatic rings. The minimum Gasteiger partial charge on any atom is -0.401 e. The maximum atomic E-state index is 12.2. The molecule has 4 nitrogen and oxygen atoms in total. The number of nitrogens with zero attached hydrogens (tertiary/aromatic N) is 2. The molecule has 0 aliphatic carbocycles. The number of hydrogen-bond donors (Lipinski definition) is 0. The topological polar surface area (TPSA) is 41.9 Å². The molecule has 3 heterocycles. The number of carbonyl (C=O) groups excluding carboxylic acids is 1. The zero-order chi connectivity index (χ0) is 18.5. The van der Waals surface area contributed by atoms with Crippen LogP contribution in [0.5, 0.6) is 0 Å². The van der Waals surface area contributed by atoms with Crippen molar-refractivity contribution in [1.82, 2.24) is 0 Å². The number of hydrogen-bond acceptors (Lipinski definition) is 5. The van der Waals surface area contributed by atoms with Gasteiger partial charge in [-0.3, -0.25) is 0 Å². The number of fused-ring (bicyclic) bond motifs is 1. The Morgan fingerprint density at radius 3 is 2.62 bits per heavy atom. The van der Waals surface area contributed by atoms with Gasteiger partial charge < -0.3 is 9.64 Å². The zero-order valence-electron chi connectivity index (χ0n) is 15.2. The van der Waals surface area contributed by atoms with Crippen molar-refractivity contribution >= 4 is 28.9 Å². The van der Waals surface area contributed by atoms with Crippen molar-refractivity contribution in [3.05, 3.63) is 75.3 Å². The van der Waals surface area contributed by atoms with Crippen LogP contribution in [0, 0.1) is 6.92 Å². The Morgan fingerprint density at radius 1 is 1.15 bits per heavy atom. The summed E-state index contributed by atoms with van der Waals surface area (Å²) in [5.74, 6) is -0.0149. The molecule has 0 N–H and O–H groups in total. The normalized spacial score (nSPS) is 21.3. The van der Waals surface area contributed by atoms with Crippen molar-refractivity contribution in [1.29, 1.82) is 0 Å². The number of allylic oxidation sites excluding steroid dienone is 3. The smallest absolute Gasteiger partial charge is 0.363 e. The SMILES string of the molecule is Cc1ccc(C2=NC(=CC=C3N(C)c4ccccc4C3(C)C)C(=O)O2)s1. The van der Waals surface area contributed by atoms with Crippen LogP contribution in [-0.4, -0.2) is 18.9 Å². The Balaban J connectivity index is 1.69. The quantitative estimate of drug-likeness (QED) is 0.580. The molecule has 132 valence electrons. The number of anilines is 1. The summed E-state index contributed by atoms with van der Waals surface area (Å²) < 4.78 is 5.34. The summed E-state index contributed by atoms with van der Waals surface area (Å²) in [5, 5.41) is 0. The second-order valence-electron chi connectivity index (χ2n) is 7.02. The van der Waals surface area contributed by atoms with Crippen LogP contribution in [0.25, 0.3) is 0 Å².